The van der Waals surface area contributed by atoms with Gasteiger partial charge < -0.3 is 10.4 Å². The summed E-state index contributed by atoms with van der Waals surface area (Å²) in [6.45, 7) is 2.55. The van der Waals surface area contributed by atoms with Crippen LogP contribution in [0.3, 0.4) is 0 Å². The number of hydrogen-bond acceptors (Lipinski definition) is 3. The minimum absolute atomic E-state index is 0.194. The fourth-order valence-corrected chi connectivity index (χ4v) is 3.05. The summed E-state index contributed by atoms with van der Waals surface area (Å²) >= 11 is 12.6. The van der Waals surface area contributed by atoms with Crippen molar-refractivity contribution in [3.8, 4) is 5.75 Å². The molecule has 0 saturated heterocycles. The number of hydrogen-bond donors (Lipinski definition) is 2. The number of nitrogens with one attached hydrogen (secondary N) is 1. The first-order chi connectivity index (χ1) is 8.97. The molecule has 6 heteroatoms. The minimum atomic E-state index is 0.194. The van der Waals surface area contributed by atoms with Gasteiger partial charge in [-0.05, 0) is 68.1 Å². The van der Waals surface area contributed by atoms with Crippen molar-refractivity contribution in [1.82, 2.24) is 4.98 Å². The van der Waals surface area contributed by atoms with Crippen LogP contribution in [0, 0.1) is 6.92 Å². The fraction of sp³-hybridized carbons (Fsp3) is 0.154. The minimum Gasteiger partial charge on any atom is -0.506 e. The van der Waals surface area contributed by atoms with Crippen LogP contribution in [0.5, 0.6) is 5.75 Å². The highest BCUT2D eigenvalue weighted by atomic mass is 79.9. The number of aryl methyl sites for hydroxylation is 1. The molecule has 0 radical (unpaired) electrons. The van der Waals surface area contributed by atoms with E-state index >= 15 is 0 Å². The van der Waals surface area contributed by atoms with Crippen molar-refractivity contribution in [3.05, 3.63) is 49.6 Å². The standard InChI is InChI=1S/C13H11Br2ClN2O/c1-7-2-11(13(16)18-5-7)17-6-8-3-9(14)12(19)10(15)4-8/h2-5,17,19H,6H2,1H3. The Morgan fingerprint density at radius 2 is 1.89 bits per heavy atom. The molecule has 0 bridgehead atoms. The Hall–Kier alpha value is -0.780. The van der Waals surface area contributed by atoms with Gasteiger partial charge in [0.15, 0.2) is 5.15 Å². The Labute approximate surface area is 133 Å². The second-order valence-corrected chi connectivity index (χ2v) is 6.18. The number of anilines is 1. The predicted molar refractivity (Wildman–Crippen MR) is 84.8 cm³/mol. The van der Waals surface area contributed by atoms with E-state index in [1.165, 1.54) is 0 Å². The molecule has 0 fully saturated rings. The molecule has 2 aromatic rings. The number of halogens is 3. The van der Waals surface area contributed by atoms with Crippen LogP contribution in [0.15, 0.2) is 33.3 Å². The molecule has 0 aliphatic rings. The lowest BCUT2D eigenvalue weighted by atomic mass is 10.2. The van der Waals surface area contributed by atoms with Gasteiger partial charge in [-0.3, -0.25) is 0 Å². The van der Waals surface area contributed by atoms with E-state index in [-0.39, 0.29) is 5.75 Å². The molecule has 2 N–H and O–H groups in total. The van der Waals surface area contributed by atoms with Gasteiger partial charge >= 0.3 is 0 Å². The van der Waals surface area contributed by atoms with Crippen molar-refractivity contribution < 1.29 is 5.11 Å². The molecule has 0 amide bonds. The smallest absolute Gasteiger partial charge is 0.152 e. The van der Waals surface area contributed by atoms with Crippen molar-refractivity contribution in [3.63, 3.8) is 0 Å². The number of phenolic OH excluding ortho intramolecular Hbond substituents is 1. The van der Waals surface area contributed by atoms with Gasteiger partial charge in [-0.15, -0.1) is 0 Å². The molecule has 1 aromatic carbocycles. The summed E-state index contributed by atoms with van der Waals surface area (Å²) in [6.07, 6.45) is 1.72. The summed E-state index contributed by atoms with van der Waals surface area (Å²) in [5.74, 6) is 0.194. The number of aromatic nitrogens is 1. The largest absolute Gasteiger partial charge is 0.506 e. The molecule has 1 heterocycles. The van der Waals surface area contributed by atoms with Gasteiger partial charge in [0.2, 0.25) is 0 Å². The predicted octanol–water partition coefficient (Wildman–Crippen LogP) is 4.89. The Morgan fingerprint density at radius 1 is 1.26 bits per heavy atom. The average molecular weight is 407 g/mol. The first kappa shape index (κ1) is 14.6. The zero-order valence-electron chi connectivity index (χ0n) is 10.0. The number of phenols is 1. The summed E-state index contributed by atoms with van der Waals surface area (Å²) in [5.41, 5.74) is 2.84. The Kier molecular flexibility index (Phi) is 4.71. The third-order valence-electron chi connectivity index (χ3n) is 2.54. The van der Waals surface area contributed by atoms with Crippen molar-refractivity contribution in [1.29, 1.82) is 0 Å². The van der Waals surface area contributed by atoms with E-state index in [4.69, 9.17) is 11.6 Å². The van der Waals surface area contributed by atoms with Gasteiger partial charge in [-0.1, -0.05) is 11.6 Å². The molecule has 0 spiro atoms. The Balaban J connectivity index is 2.17. The van der Waals surface area contributed by atoms with Gasteiger partial charge in [0.05, 0.1) is 14.6 Å². The summed E-state index contributed by atoms with van der Waals surface area (Å²) in [7, 11) is 0. The summed E-state index contributed by atoms with van der Waals surface area (Å²) < 4.78 is 1.29. The maximum atomic E-state index is 9.65. The van der Waals surface area contributed by atoms with Crippen LogP contribution in [0.4, 0.5) is 5.69 Å². The Bertz CT molecular complexity index is 597. The maximum absolute atomic E-state index is 9.65. The van der Waals surface area contributed by atoms with Crippen LogP contribution in [0.25, 0.3) is 0 Å². The van der Waals surface area contributed by atoms with Crippen LogP contribution in [-0.2, 0) is 6.54 Å². The van der Waals surface area contributed by atoms with Crippen molar-refractivity contribution >= 4 is 49.1 Å². The molecular weight excluding hydrogens is 395 g/mol. The van der Waals surface area contributed by atoms with Gasteiger partial charge in [-0.25, -0.2) is 4.98 Å². The number of pyridine rings is 1. The van der Waals surface area contributed by atoms with Crippen molar-refractivity contribution in [2.24, 2.45) is 0 Å². The van der Waals surface area contributed by atoms with Gasteiger partial charge in [0.1, 0.15) is 5.75 Å². The van der Waals surface area contributed by atoms with Crippen molar-refractivity contribution in [2.45, 2.75) is 13.5 Å². The third-order valence-corrected chi connectivity index (χ3v) is 4.05. The lowest BCUT2D eigenvalue weighted by Gasteiger charge is -2.10. The number of nitrogens with zero attached hydrogens (tertiary/aromatic N) is 1. The summed E-state index contributed by atoms with van der Waals surface area (Å²) in [4.78, 5) is 4.08. The van der Waals surface area contributed by atoms with Gasteiger partial charge in [-0.2, -0.15) is 0 Å². The number of rotatable bonds is 3. The molecule has 0 aliphatic heterocycles. The van der Waals surface area contributed by atoms with Crippen LogP contribution in [0.2, 0.25) is 5.15 Å². The molecule has 0 atom stereocenters. The molecule has 0 unspecified atom stereocenters. The number of aromatic hydroxyl groups is 1. The zero-order chi connectivity index (χ0) is 14.0. The van der Waals surface area contributed by atoms with Gasteiger partial charge in [0, 0.05) is 12.7 Å². The van der Waals surface area contributed by atoms with Crippen LogP contribution >= 0.6 is 43.5 Å². The summed E-state index contributed by atoms with van der Waals surface area (Å²) in [6, 6.07) is 5.65. The molecule has 0 saturated carbocycles. The lowest BCUT2D eigenvalue weighted by molar-refractivity contribution is 0.468. The highest BCUT2D eigenvalue weighted by Crippen LogP contribution is 2.33. The quantitative estimate of drug-likeness (QED) is 0.714. The van der Waals surface area contributed by atoms with Crippen LogP contribution in [0.1, 0.15) is 11.1 Å². The van der Waals surface area contributed by atoms with E-state index in [1.807, 2.05) is 25.1 Å². The van der Waals surface area contributed by atoms with E-state index < -0.39 is 0 Å². The third kappa shape index (κ3) is 3.61. The van der Waals surface area contributed by atoms with E-state index in [2.05, 4.69) is 42.2 Å². The molecular formula is C13H11Br2ClN2O. The van der Waals surface area contributed by atoms with Crippen LogP contribution in [-0.4, -0.2) is 10.1 Å². The second kappa shape index (κ2) is 6.11. The first-order valence-corrected chi connectivity index (χ1v) is 7.46. The summed E-state index contributed by atoms with van der Waals surface area (Å²) in [5, 5.41) is 13.3. The average Bonchev–Trinajstić information content (AvgIpc) is 2.37. The molecule has 3 nitrogen and oxygen atoms in total. The van der Waals surface area contributed by atoms with E-state index in [0.717, 1.165) is 16.8 Å². The van der Waals surface area contributed by atoms with Gasteiger partial charge in [0.25, 0.3) is 0 Å². The van der Waals surface area contributed by atoms with E-state index in [1.54, 1.807) is 6.20 Å². The molecule has 0 aliphatic carbocycles. The monoisotopic (exact) mass is 404 g/mol. The molecule has 19 heavy (non-hydrogen) atoms. The highest BCUT2D eigenvalue weighted by Gasteiger charge is 2.07. The second-order valence-electron chi connectivity index (χ2n) is 4.11. The Morgan fingerprint density at radius 3 is 2.53 bits per heavy atom. The molecule has 100 valence electrons. The SMILES string of the molecule is Cc1cnc(Cl)c(NCc2cc(Br)c(O)c(Br)c2)c1. The first-order valence-electron chi connectivity index (χ1n) is 5.50. The van der Waals surface area contributed by atoms with E-state index in [9.17, 15) is 5.11 Å². The zero-order valence-corrected chi connectivity index (χ0v) is 14.0. The molecule has 1 aromatic heterocycles. The topological polar surface area (TPSA) is 45.2 Å². The highest BCUT2D eigenvalue weighted by molar-refractivity contribution is 9.11. The van der Waals surface area contributed by atoms with E-state index in [0.29, 0.717) is 20.6 Å². The van der Waals surface area contributed by atoms with Crippen LogP contribution < -0.4 is 5.32 Å². The fourth-order valence-electron chi connectivity index (χ4n) is 1.59. The lowest BCUT2D eigenvalue weighted by Crippen LogP contribution is -2.01. The maximum Gasteiger partial charge on any atom is 0.152 e. The molecule has 2 rings (SSSR count). The van der Waals surface area contributed by atoms with Crippen molar-refractivity contribution in [2.75, 3.05) is 5.32 Å². The normalized spacial score (nSPS) is 10.5. The number of benzene rings is 1.